The number of carbonyl (C=O) groups is 1. The zero-order chi connectivity index (χ0) is 18.2. The molecule has 0 aliphatic rings. The van der Waals surface area contributed by atoms with Crippen LogP contribution < -0.4 is 5.43 Å². The smallest absolute Gasteiger partial charge is 0.240 e. The van der Waals surface area contributed by atoms with E-state index in [1.807, 2.05) is 24.3 Å². The molecule has 25 heavy (non-hydrogen) atoms. The van der Waals surface area contributed by atoms with Crippen LogP contribution in [0, 0.1) is 0 Å². The van der Waals surface area contributed by atoms with E-state index in [1.165, 1.54) is 57.8 Å². The van der Waals surface area contributed by atoms with Gasteiger partial charge in [-0.1, -0.05) is 99.2 Å². The molecular formula is C21H33BrN2O. The van der Waals surface area contributed by atoms with Crippen LogP contribution in [-0.2, 0) is 4.79 Å². The van der Waals surface area contributed by atoms with E-state index in [4.69, 9.17) is 0 Å². The Morgan fingerprint density at radius 2 is 1.60 bits per heavy atom. The molecule has 1 aromatic carbocycles. The van der Waals surface area contributed by atoms with Gasteiger partial charge < -0.3 is 0 Å². The second kappa shape index (κ2) is 15.1. The summed E-state index contributed by atoms with van der Waals surface area (Å²) < 4.78 is 1.00. The Morgan fingerprint density at radius 3 is 2.20 bits per heavy atom. The second-order valence-electron chi connectivity index (χ2n) is 6.63. The van der Waals surface area contributed by atoms with E-state index in [0.717, 1.165) is 22.9 Å². The van der Waals surface area contributed by atoms with Gasteiger partial charge in [-0.2, -0.15) is 5.10 Å². The molecule has 0 heterocycles. The summed E-state index contributed by atoms with van der Waals surface area (Å²) in [7, 11) is 0. The highest BCUT2D eigenvalue weighted by Crippen LogP contribution is 2.12. The van der Waals surface area contributed by atoms with Crippen molar-refractivity contribution in [3.05, 3.63) is 34.3 Å². The highest BCUT2D eigenvalue weighted by molar-refractivity contribution is 9.10. The number of rotatable bonds is 14. The lowest BCUT2D eigenvalue weighted by Crippen LogP contribution is -2.16. The molecule has 0 fully saturated rings. The minimum absolute atomic E-state index is 0.00201. The largest absolute Gasteiger partial charge is 0.273 e. The number of hydrogen-bond donors (Lipinski definition) is 1. The maximum Gasteiger partial charge on any atom is 0.240 e. The van der Waals surface area contributed by atoms with Crippen LogP contribution in [0.1, 0.15) is 89.5 Å². The molecular weight excluding hydrogens is 376 g/mol. The van der Waals surface area contributed by atoms with Gasteiger partial charge in [0.25, 0.3) is 0 Å². The quantitative estimate of drug-likeness (QED) is 0.210. The van der Waals surface area contributed by atoms with E-state index in [-0.39, 0.29) is 5.91 Å². The summed E-state index contributed by atoms with van der Waals surface area (Å²) in [5.74, 6) is 0.00201. The van der Waals surface area contributed by atoms with Crippen molar-refractivity contribution in [1.82, 2.24) is 5.43 Å². The normalized spacial score (nSPS) is 11.1. The monoisotopic (exact) mass is 408 g/mol. The number of amides is 1. The van der Waals surface area contributed by atoms with E-state index >= 15 is 0 Å². The molecule has 140 valence electrons. The van der Waals surface area contributed by atoms with E-state index in [0.29, 0.717) is 6.42 Å². The summed E-state index contributed by atoms with van der Waals surface area (Å²) in [6.07, 6.45) is 16.5. The van der Waals surface area contributed by atoms with Crippen LogP contribution in [0.2, 0.25) is 0 Å². The Kier molecular flexibility index (Phi) is 13.2. The molecule has 4 heteroatoms. The predicted octanol–water partition coefficient (Wildman–Crippen LogP) is 6.60. The summed E-state index contributed by atoms with van der Waals surface area (Å²) in [6, 6.07) is 7.81. The summed E-state index contributed by atoms with van der Waals surface area (Å²) in [6.45, 7) is 2.26. The Hall–Kier alpha value is -1.16. The second-order valence-corrected chi connectivity index (χ2v) is 7.55. The molecule has 0 aliphatic carbocycles. The number of benzene rings is 1. The summed E-state index contributed by atoms with van der Waals surface area (Å²) >= 11 is 3.41. The van der Waals surface area contributed by atoms with Gasteiger partial charge in [0.2, 0.25) is 5.91 Å². The third kappa shape index (κ3) is 12.8. The summed E-state index contributed by atoms with van der Waals surface area (Å²) in [5.41, 5.74) is 3.56. The zero-order valence-corrected chi connectivity index (χ0v) is 17.2. The first-order valence-electron chi connectivity index (χ1n) is 9.80. The van der Waals surface area contributed by atoms with Crippen LogP contribution >= 0.6 is 15.9 Å². The van der Waals surface area contributed by atoms with Gasteiger partial charge >= 0.3 is 0 Å². The van der Waals surface area contributed by atoms with Crippen LogP contribution in [0.25, 0.3) is 0 Å². The Labute approximate surface area is 161 Å². The van der Waals surface area contributed by atoms with Gasteiger partial charge in [0.1, 0.15) is 0 Å². The standard InChI is InChI=1S/C21H33BrN2O/c1-2-3-4-5-6-7-8-9-10-11-12-16-21(25)24-23-18-19-14-13-15-20(22)17-19/h13-15,17-18H,2-12,16H2,1H3,(H,24,25). The first-order chi connectivity index (χ1) is 12.2. The van der Waals surface area contributed by atoms with Gasteiger partial charge in [0, 0.05) is 10.9 Å². The molecule has 0 aromatic heterocycles. The van der Waals surface area contributed by atoms with Gasteiger partial charge in [-0.05, 0) is 24.1 Å². The van der Waals surface area contributed by atoms with Crippen LogP contribution in [-0.4, -0.2) is 12.1 Å². The molecule has 1 rings (SSSR count). The number of halogens is 1. The van der Waals surface area contributed by atoms with Crippen molar-refractivity contribution in [2.75, 3.05) is 0 Å². The third-order valence-electron chi connectivity index (χ3n) is 4.26. The number of nitrogens with one attached hydrogen (secondary N) is 1. The van der Waals surface area contributed by atoms with Crippen molar-refractivity contribution >= 4 is 28.1 Å². The number of hydrogen-bond acceptors (Lipinski definition) is 2. The number of carbonyl (C=O) groups excluding carboxylic acids is 1. The number of hydrazone groups is 1. The molecule has 1 amide bonds. The van der Waals surface area contributed by atoms with Crippen molar-refractivity contribution in [1.29, 1.82) is 0 Å². The fourth-order valence-corrected chi connectivity index (χ4v) is 3.19. The van der Waals surface area contributed by atoms with E-state index < -0.39 is 0 Å². The van der Waals surface area contributed by atoms with Crippen molar-refractivity contribution in [2.24, 2.45) is 5.10 Å². The van der Waals surface area contributed by atoms with Crippen LogP contribution in [0.3, 0.4) is 0 Å². The number of unbranched alkanes of at least 4 members (excludes halogenated alkanes) is 10. The van der Waals surface area contributed by atoms with Gasteiger partial charge in [-0.25, -0.2) is 5.43 Å². The molecule has 0 spiro atoms. The molecule has 0 aliphatic heterocycles. The molecule has 0 bridgehead atoms. The topological polar surface area (TPSA) is 41.5 Å². The van der Waals surface area contributed by atoms with Crippen molar-refractivity contribution in [3.8, 4) is 0 Å². The molecule has 0 atom stereocenters. The molecule has 1 aromatic rings. The molecule has 0 saturated heterocycles. The fraction of sp³-hybridized carbons (Fsp3) is 0.619. The molecule has 1 N–H and O–H groups in total. The third-order valence-corrected chi connectivity index (χ3v) is 4.75. The maximum absolute atomic E-state index is 11.7. The molecule has 3 nitrogen and oxygen atoms in total. The zero-order valence-electron chi connectivity index (χ0n) is 15.6. The summed E-state index contributed by atoms with van der Waals surface area (Å²) in [4.78, 5) is 11.7. The lowest BCUT2D eigenvalue weighted by atomic mass is 10.1. The van der Waals surface area contributed by atoms with Crippen LogP contribution in [0.5, 0.6) is 0 Å². The minimum Gasteiger partial charge on any atom is -0.273 e. The Morgan fingerprint density at radius 1 is 1.00 bits per heavy atom. The van der Waals surface area contributed by atoms with Crippen LogP contribution in [0.15, 0.2) is 33.8 Å². The van der Waals surface area contributed by atoms with Crippen molar-refractivity contribution < 1.29 is 4.79 Å². The first-order valence-corrected chi connectivity index (χ1v) is 10.6. The highest BCUT2D eigenvalue weighted by atomic mass is 79.9. The van der Waals surface area contributed by atoms with Crippen LogP contribution in [0.4, 0.5) is 0 Å². The molecule has 0 unspecified atom stereocenters. The van der Waals surface area contributed by atoms with Gasteiger partial charge in [-0.15, -0.1) is 0 Å². The first kappa shape index (κ1) is 21.9. The lowest BCUT2D eigenvalue weighted by molar-refractivity contribution is -0.121. The maximum atomic E-state index is 11.7. The van der Waals surface area contributed by atoms with E-state index in [1.54, 1.807) is 6.21 Å². The van der Waals surface area contributed by atoms with E-state index in [2.05, 4.69) is 33.4 Å². The summed E-state index contributed by atoms with van der Waals surface area (Å²) in [5, 5.41) is 4.01. The van der Waals surface area contributed by atoms with Gasteiger partial charge in [0.05, 0.1) is 6.21 Å². The van der Waals surface area contributed by atoms with Gasteiger partial charge in [-0.3, -0.25) is 4.79 Å². The fourth-order valence-electron chi connectivity index (χ4n) is 2.77. The average molecular weight is 409 g/mol. The lowest BCUT2D eigenvalue weighted by Gasteiger charge is -2.02. The predicted molar refractivity (Wildman–Crippen MR) is 111 cm³/mol. The Bertz CT molecular complexity index is 502. The van der Waals surface area contributed by atoms with Crippen molar-refractivity contribution in [3.63, 3.8) is 0 Å². The molecule has 0 saturated carbocycles. The average Bonchev–Trinajstić information content (AvgIpc) is 2.60. The van der Waals surface area contributed by atoms with E-state index in [9.17, 15) is 4.79 Å². The molecule has 0 radical (unpaired) electrons. The SMILES string of the molecule is CCCCCCCCCCCCCC(=O)NN=Cc1cccc(Br)c1. The highest BCUT2D eigenvalue weighted by Gasteiger charge is 1.99. The minimum atomic E-state index is 0.00201. The van der Waals surface area contributed by atoms with Gasteiger partial charge in [0.15, 0.2) is 0 Å². The van der Waals surface area contributed by atoms with Crippen molar-refractivity contribution in [2.45, 2.75) is 84.0 Å². The Balaban J connectivity index is 1.93. The number of nitrogens with zero attached hydrogens (tertiary/aromatic N) is 1.